The van der Waals surface area contributed by atoms with Crippen molar-refractivity contribution in [3.63, 3.8) is 0 Å². The van der Waals surface area contributed by atoms with E-state index in [-0.39, 0.29) is 92.4 Å². The minimum atomic E-state index is -2.02. The minimum Gasteiger partial charge on any atom is -0.480 e. The molecular formula is C79H136O10Si4. The van der Waals surface area contributed by atoms with Gasteiger partial charge in [0.1, 0.15) is 18.8 Å². The van der Waals surface area contributed by atoms with Crippen LogP contribution in [-0.2, 0) is 41.5 Å². The van der Waals surface area contributed by atoms with Gasteiger partial charge in [-0.2, -0.15) is 0 Å². The predicted molar refractivity (Wildman–Crippen MR) is 399 cm³/mol. The van der Waals surface area contributed by atoms with Gasteiger partial charge in [0.2, 0.25) is 0 Å². The van der Waals surface area contributed by atoms with E-state index in [0.717, 1.165) is 114 Å². The molecule has 0 aromatic carbocycles. The SMILES string of the molecule is C=C1C(=CC=C2CCC[C@]3(C)C([C@H](C)OCC(=O)O)=CCC23)C[C@@H](O[Si](C)(C)C(C)(C)C)C[C@@H]1O[Si](C)(C)C(C)(C)C.C=C1C(=CC=C2CCC[C@]3(C)C([C@H](C)OCC(=O)OC4(C)CCCCCCC4)=CC[C@@H]23)C[C@@H](O[Si](C)(C)C(C)(C)C)C[C@@H]1O[Si](C)(C)C(C)(C)C. The molecule has 0 amide bonds. The maximum absolute atomic E-state index is 13.0. The number of allylic oxidation sites excluding steroid dienone is 8. The van der Waals surface area contributed by atoms with Crippen LogP contribution in [0.4, 0.5) is 0 Å². The van der Waals surface area contributed by atoms with E-state index in [4.69, 9.17) is 37.0 Å². The number of hydrogen-bond donors (Lipinski definition) is 1. The topological polar surface area (TPSA) is 119 Å². The molecule has 10 nitrogen and oxygen atoms in total. The van der Waals surface area contributed by atoms with Gasteiger partial charge in [-0.1, -0.05) is 177 Å². The molecule has 5 fully saturated rings. The highest BCUT2D eigenvalue weighted by molar-refractivity contribution is 6.75. The number of hydrogen-bond acceptors (Lipinski definition) is 9. The van der Waals surface area contributed by atoms with Crippen molar-refractivity contribution >= 4 is 45.2 Å². The second kappa shape index (κ2) is 30.5. The van der Waals surface area contributed by atoms with Crippen LogP contribution < -0.4 is 0 Å². The molecule has 7 aliphatic carbocycles. The van der Waals surface area contributed by atoms with Crippen LogP contribution in [0.25, 0.3) is 0 Å². The molecule has 93 heavy (non-hydrogen) atoms. The summed E-state index contributed by atoms with van der Waals surface area (Å²) in [6.07, 6.45) is 34.3. The normalized spacial score (nSPS) is 30.4. The van der Waals surface area contributed by atoms with E-state index < -0.39 is 39.2 Å². The first-order valence-electron chi connectivity index (χ1n) is 36.5. The molecule has 0 aromatic rings. The number of fused-ring (bicyclic) bond motifs is 2. The lowest BCUT2D eigenvalue weighted by molar-refractivity contribution is -0.166. The van der Waals surface area contributed by atoms with E-state index in [2.05, 4.69) is 213 Å². The fraction of sp³-hybridized carbons (Fsp3) is 0.772. The smallest absolute Gasteiger partial charge is 0.332 e. The molecule has 1 N–H and O–H groups in total. The Labute approximate surface area is 573 Å². The van der Waals surface area contributed by atoms with E-state index in [1.54, 1.807) is 0 Å². The third-order valence-electron chi connectivity index (χ3n) is 25.2. The summed E-state index contributed by atoms with van der Waals surface area (Å²) < 4.78 is 46.3. The van der Waals surface area contributed by atoms with Crippen molar-refractivity contribution in [1.29, 1.82) is 0 Å². The van der Waals surface area contributed by atoms with E-state index >= 15 is 0 Å². The van der Waals surface area contributed by atoms with Crippen LogP contribution in [-0.4, -0.2) is 106 Å². The summed E-state index contributed by atoms with van der Waals surface area (Å²) in [7, 11) is -7.95. The maximum atomic E-state index is 13.0. The van der Waals surface area contributed by atoms with Crippen LogP contribution in [0.15, 0.2) is 94.2 Å². The lowest BCUT2D eigenvalue weighted by Gasteiger charge is -2.45. The number of esters is 1. The fourth-order valence-corrected chi connectivity index (χ4v) is 20.5. The second-order valence-corrected chi connectivity index (χ2v) is 55.5. The molecule has 10 atom stereocenters. The standard InChI is InChI=1S/C44H76O5Si2.C35H60O5Si2/c1-32-35(29-36(48-50(11,12)41(3,4)5)30-39(32)49-51(13,14)42(6,7)8)23-22-34-21-20-28-44(10)37(24-25-38(34)44)33(2)46-31-40(45)47-43(9)26-18-16-15-17-19-27-43;1-24-27(17-16-26-15-14-20-35(9)29(18-19-30(26)35)25(2)38-23-32(36)37)21-28(39-41(10,11)33(3,4)5)22-31(24)40-42(12,13)34(6,7)8/h22-24,33,36,38-39H,1,15-21,25-31H2,2-14H3;16-18,25,28,30-31H,1,14-15,19-23H2,2-13H3,(H,36,37)/t33-,36+,38-,39-,44+;25-,28+,30?,31-,35+/m00/s1. The zero-order valence-corrected chi connectivity index (χ0v) is 68.0. The van der Waals surface area contributed by atoms with Crippen LogP contribution in [0.3, 0.4) is 0 Å². The number of carboxylic acid groups (broad SMARTS) is 1. The van der Waals surface area contributed by atoms with Gasteiger partial charge in [0.25, 0.3) is 0 Å². The molecule has 7 aliphatic rings. The molecule has 0 bridgehead atoms. The minimum absolute atomic E-state index is 0.00599. The van der Waals surface area contributed by atoms with Crippen molar-refractivity contribution in [1.82, 2.24) is 0 Å². The summed E-state index contributed by atoms with van der Waals surface area (Å²) in [6, 6.07) is 0. The zero-order chi connectivity index (χ0) is 69.9. The fourth-order valence-electron chi connectivity index (χ4n) is 15.1. The maximum Gasteiger partial charge on any atom is 0.332 e. The molecule has 7 rings (SSSR count). The van der Waals surface area contributed by atoms with Gasteiger partial charge in [-0.25, -0.2) is 9.59 Å². The third kappa shape index (κ3) is 19.7. The predicted octanol–water partition coefficient (Wildman–Crippen LogP) is 22.2. The average Bonchev–Trinajstić information content (AvgIpc) is 1.58. The van der Waals surface area contributed by atoms with Crippen molar-refractivity contribution in [3.8, 4) is 0 Å². The largest absolute Gasteiger partial charge is 0.480 e. The Morgan fingerprint density at radius 2 is 0.871 bits per heavy atom. The quantitative estimate of drug-likeness (QED) is 0.0761. The van der Waals surface area contributed by atoms with Crippen molar-refractivity contribution in [2.24, 2.45) is 22.7 Å². The van der Waals surface area contributed by atoms with Crippen LogP contribution in [0, 0.1) is 22.7 Å². The van der Waals surface area contributed by atoms with E-state index in [1.165, 1.54) is 52.7 Å². The Morgan fingerprint density at radius 1 is 0.527 bits per heavy atom. The molecule has 0 spiro atoms. The summed E-state index contributed by atoms with van der Waals surface area (Å²) in [5, 5.41) is 9.66. The van der Waals surface area contributed by atoms with Crippen molar-refractivity contribution in [2.45, 2.75) is 354 Å². The van der Waals surface area contributed by atoms with Crippen molar-refractivity contribution in [2.75, 3.05) is 13.2 Å². The monoisotopic (exact) mass is 1360 g/mol. The second-order valence-electron chi connectivity index (χ2n) is 36.5. The molecule has 0 aliphatic heterocycles. The summed E-state index contributed by atoms with van der Waals surface area (Å²) >= 11 is 0. The molecule has 5 saturated carbocycles. The van der Waals surface area contributed by atoms with Gasteiger partial charge in [0.15, 0.2) is 33.3 Å². The molecule has 0 heterocycles. The van der Waals surface area contributed by atoms with Gasteiger partial charge >= 0.3 is 11.9 Å². The number of ether oxygens (including phenoxy) is 3. The molecule has 0 radical (unpaired) electrons. The number of carboxylic acids is 1. The number of rotatable bonds is 19. The van der Waals surface area contributed by atoms with Crippen LogP contribution >= 0.6 is 0 Å². The lowest BCUT2D eigenvalue weighted by Crippen LogP contribution is -2.49. The van der Waals surface area contributed by atoms with E-state index in [9.17, 15) is 9.59 Å². The first-order valence-corrected chi connectivity index (χ1v) is 48.2. The number of carbonyl (C=O) groups is 2. The Kier molecular flexibility index (Phi) is 26.1. The summed E-state index contributed by atoms with van der Waals surface area (Å²) in [5.41, 5.74) is 10.1. The van der Waals surface area contributed by atoms with Crippen molar-refractivity contribution < 1.29 is 46.6 Å². The molecule has 0 aromatic heterocycles. The molecule has 14 heteroatoms. The van der Waals surface area contributed by atoms with Gasteiger partial charge in [-0.3, -0.25) is 0 Å². The first kappa shape index (κ1) is 79.5. The highest BCUT2D eigenvalue weighted by Gasteiger charge is 2.51. The molecule has 1 unspecified atom stereocenters. The zero-order valence-electron chi connectivity index (χ0n) is 64.0. The third-order valence-corrected chi connectivity index (χ3v) is 43.3. The average molecular weight is 1360 g/mol. The molecule has 528 valence electrons. The summed E-state index contributed by atoms with van der Waals surface area (Å²) in [6.45, 7) is 66.6. The van der Waals surface area contributed by atoms with Crippen molar-refractivity contribution in [3.05, 3.63) is 94.2 Å². The Hall–Kier alpha value is -2.51. The van der Waals surface area contributed by atoms with Gasteiger partial charge < -0.3 is 37.0 Å². The van der Waals surface area contributed by atoms with Gasteiger partial charge in [-0.15, -0.1) is 0 Å². The number of aliphatic carboxylic acids is 1. The summed E-state index contributed by atoms with van der Waals surface area (Å²) in [4.78, 5) is 24.1. The Bertz CT molecular complexity index is 2830. The molecular weight excluding hydrogens is 1220 g/mol. The van der Waals surface area contributed by atoms with Crippen LogP contribution in [0.2, 0.25) is 72.5 Å². The highest BCUT2D eigenvalue weighted by atomic mass is 28.4. The highest BCUT2D eigenvalue weighted by Crippen LogP contribution is 2.58. The van der Waals surface area contributed by atoms with Crippen LogP contribution in [0.1, 0.15) is 240 Å². The Balaban J connectivity index is 0.000000301. The number of carbonyl (C=O) groups excluding carboxylic acids is 1. The van der Waals surface area contributed by atoms with Gasteiger partial charge in [0.05, 0.1) is 36.6 Å². The first-order chi connectivity index (χ1) is 42.6. The summed E-state index contributed by atoms with van der Waals surface area (Å²) in [5.74, 6) is -0.275. The van der Waals surface area contributed by atoms with E-state index in [0.29, 0.717) is 11.8 Å². The molecule has 0 saturated heterocycles. The van der Waals surface area contributed by atoms with Gasteiger partial charge in [0, 0.05) is 12.8 Å². The van der Waals surface area contributed by atoms with E-state index in [1.807, 2.05) is 6.92 Å². The lowest BCUT2D eigenvalue weighted by atomic mass is 9.63. The van der Waals surface area contributed by atoms with Crippen LogP contribution in [0.5, 0.6) is 0 Å². The Morgan fingerprint density at radius 3 is 1.23 bits per heavy atom. The van der Waals surface area contributed by atoms with Gasteiger partial charge in [-0.05, 0) is 239 Å².